The maximum atomic E-state index is 13.1. The van der Waals surface area contributed by atoms with E-state index in [9.17, 15) is 19.7 Å². The number of nitrogens with zero attached hydrogens (tertiary/aromatic N) is 5. The van der Waals surface area contributed by atoms with Gasteiger partial charge in [0, 0.05) is 12.7 Å². The molecular formula is C22H28N6O5. The van der Waals surface area contributed by atoms with Crippen LogP contribution in [0.3, 0.4) is 0 Å². The average molecular weight is 457 g/mol. The van der Waals surface area contributed by atoms with Crippen LogP contribution in [-0.2, 0) is 16.8 Å². The van der Waals surface area contributed by atoms with Gasteiger partial charge in [-0.25, -0.2) is 4.79 Å². The predicted octanol–water partition coefficient (Wildman–Crippen LogP) is 3.36. The van der Waals surface area contributed by atoms with Crippen molar-refractivity contribution in [3.8, 4) is 0 Å². The molecule has 0 unspecified atom stereocenters. The number of rotatable bonds is 7. The fraction of sp³-hybridized carbons (Fsp3) is 0.636. The first kappa shape index (κ1) is 21.6. The van der Waals surface area contributed by atoms with Crippen LogP contribution in [0.25, 0.3) is 0 Å². The first-order valence-electron chi connectivity index (χ1n) is 11.6. The van der Waals surface area contributed by atoms with Gasteiger partial charge in [0.1, 0.15) is 6.20 Å². The molecule has 0 aromatic carbocycles. The number of aryl methyl sites for hydroxylation is 1. The van der Waals surface area contributed by atoms with Crippen molar-refractivity contribution in [3.05, 3.63) is 33.9 Å². The molecule has 176 valence electrons. The van der Waals surface area contributed by atoms with Crippen LogP contribution in [0.1, 0.15) is 73.3 Å². The Bertz CT molecular complexity index is 1080. The number of hydrogen-bond acceptors (Lipinski definition) is 7. The largest absolute Gasteiger partial charge is 0.461 e. The van der Waals surface area contributed by atoms with Gasteiger partial charge in [-0.05, 0) is 70.1 Å². The molecule has 6 rings (SSSR count). The van der Waals surface area contributed by atoms with E-state index < -0.39 is 16.8 Å². The van der Waals surface area contributed by atoms with E-state index in [2.05, 4.69) is 15.5 Å². The van der Waals surface area contributed by atoms with Gasteiger partial charge in [0.15, 0.2) is 5.69 Å². The van der Waals surface area contributed by atoms with Crippen LogP contribution in [-0.4, -0.2) is 43.0 Å². The van der Waals surface area contributed by atoms with Gasteiger partial charge in [-0.3, -0.25) is 24.3 Å². The third-order valence-electron chi connectivity index (χ3n) is 7.40. The molecule has 4 saturated carbocycles. The number of nitro groups is 1. The van der Waals surface area contributed by atoms with Crippen molar-refractivity contribution >= 4 is 23.3 Å². The minimum atomic E-state index is -0.744. The summed E-state index contributed by atoms with van der Waals surface area (Å²) in [6, 6.07) is 0. The number of hydrogen-bond donors (Lipinski definition) is 1. The van der Waals surface area contributed by atoms with E-state index >= 15 is 0 Å². The highest BCUT2D eigenvalue weighted by Crippen LogP contribution is 2.58. The summed E-state index contributed by atoms with van der Waals surface area (Å²) in [5.74, 6) is 0.469. The highest BCUT2D eigenvalue weighted by molar-refractivity contribution is 6.08. The summed E-state index contributed by atoms with van der Waals surface area (Å²) in [6.45, 7) is 4.15. The summed E-state index contributed by atoms with van der Waals surface area (Å²) in [7, 11) is 0. The summed E-state index contributed by atoms with van der Waals surface area (Å²) in [5, 5.41) is 23.0. The number of aromatic nitrogens is 4. The monoisotopic (exact) mass is 456 g/mol. The van der Waals surface area contributed by atoms with Crippen molar-refractivity contribution in [1.82, 2.24) is 19.6 Å². The first-order chi connectivity index (χ1) is 15.8. The Hall–Kier alpha value is -3.24. The van der Waals surface area contributed by atoms with Crippen molar-refractivity contribution in [1.29, 1.82) is 0 Å². The molecule has 11 nitrogen and oxygen atoms in total. The minimum absolute atomic E-state index is 0.0461. The number of amides is 1. The topological polar surface area (TPSA) is 134 Å². The Labute approximate surface area is 190 Å². The van der Waals surface area contributed by atoms with E-state index in [0.29, 0.717) is 24.3 Å². The van der Waals surface area contributed by atoms with Crippen LogP contribution in [0.15, 0.2) is 12.4 Å². The molecule has 2 aromatic rings. The zero-order chi connectivity index (χ0) is 23.3. The van der Waals surface area contributed by atoms with Crippen molar-refractivity contribution < 1.29 is 19.2 Å². The Morgan fingerprint density at radius 1 is 1.12 bits per heavy atom. The number of nitrogens with one attached hydrogen (secondary N) is 1. The molecule has 2 heterocycles. The summed E-state index contributed by atoms with van der Waals surface area (Å²) >= 11 is 0. The molecule has 0 aliphatic heterocycles. The molecule has 4 bridgehead atoms. The molecule has 0 atom stereocenters. The summed E-state index contributed by atoms with van der Waals surface area (Å²) in [6.07, 6.45) is 9.48. The predicted molar refractivity (Wildman–Crippen MR) is 117 cm³/mol. The van der Waals surface area contributed by atoms with Gasteiger partial charge in [-0.1, -0.05) is 0 Å². The molecule has 1 amide bonds. The number of ether oxygens (including phenoxy) is 1. The number of esters is 1. The highest BCUT2D eigenvalue weighted by Gasteiger charge is 2.53. The molecule has 1 N–H and O–H groups in total. The molecule has 4 fully saturated rings. The van der Waals surface area contributed by atoms with Crippen molar-refractivity contribution in [2.75, 3.05) is 11.9 Å². The second kappa shape index (κ2) is 7.96. The Morgan fingerprint density at radius 2 is 1.76 bits per heavy atom. The van der Waals surface area contributed by atoms with Gasteiger partial charge in [-0.2, -0.15) is 10.2 Å². The summed E-state index contributed by atoms with van der Waals surface area (Å²) < 4.78 is 8.21. The van der Waals surface area contributed by atoms with E-state index in [1.165, 1.54) is 36.3 Å². The molecule has 0 spiro atoms. The van der Waals surface area contributed by atoms with Gasteiger partial charge >= 0.3 is 11.7 Å². The van der Waals surface area contributed by atoms with Crippen LogP contribution in [0.5, 0.6) is 0 Å². The molecule has 11 heteroatoms. The summed E-state index contributed by atoms with van der Waals surface area (Å²) in [5.41, 5.74) is -0.742. The zero-order valence-electron chi connectivity index (χ0n) is 18.8. The van der Waals surface area contributed by atoms with Crippen LogP contribution < -0.4 is 5.32 Å². The summed E-state index contributed by atoms with van der Waals surface area (Å²) in [4.78, 5) is 36.6. The number of anilines is 1. The van der Waals surface area contributed by atoms with Crippen LogP contribution in [0, 0.1) is 27.9 Å². The van der Waals surface area contributed by atoms with Gasteiger partial charge in [0.05, 0.1) is 22.8 Å². The molecule has 4 aliphatic carbocycles. The van der Waals surface area contributed by atoms with Crippen LogP contribution >= 0.6 is 0 Å². The van der Waals surface area contributed by atoms with E-state index in [1.54, 1.807) is 11.6 Å². The van der Waals surface area contributed by atoms with Crippen molar-refractivity contribution in [2.45, 2.75) is 64.5 Å². The Morgan fingerprint density at radius 3 is 2.30 bits per heavy atom. The lowest BCUT2D eigenvalue weighted by molar-refractivity contribution is -0.385. The molecule has 33 heavy (non-hydrogen) atoms. The first-order valence-corrected chi connectivity index (χ1v) is 11.6. The van der Waals surface area contributed by atoms with Crippen molar-refractivity contribution in [3.63, 3.8) is 0 Å². The molecule has 0 saturated heterocycles. The molecule has 4 aliphatic rings. The van der Waals surface area contributed by atoms with Gasteiger partial charge in [0.2, 0.25) is 5.69 Å². The SMILES string of the molecule is CCOC(=O)c1nn(CC)cc1NC(=O)c1nn(C23CC4CC(CC(C4)C2)C3)cc1[N+](=O)[O-]. The third-order valence-corrected chi connectivity index (χ3v) is 7.40. The van der Waals surface area contributed by atoms with Crippen molar-refractivity contribution in [2.24, 2.45) is 17.8 Å². The standard InChI is InChI=1S/C22H28N6O5/c1-3-26-11-16(18(24-26)21(30)33-4-2)23-20(29)19-17(28(31)32)12-27(25-19)22-8-13-5-14(9-22)7-15(6-13)10-22/h11-15H,3-10H2,1-2H3,(H,23,29). The Balaban J connectivity index is 1.46. The molecule has 2 aromatic heterocycles. The lowest BCUT2D eigenvalue weighted by atomic mass is 9.53. The molecule has 0 radical (unpaired) electrons. The number of carbonyl (C=O) groups excluding carboxylic acids is 2. The second-order valence-electron chi connectivity index (χ2n) is 9.63. The average Bonchev–Trinajstić information content (AvgIpc) is 3.38. The van der Waals surface area contributed by atoms with Gasteiger partial charge in [-0.15, -0.1) is 0 Å². The third kappa shape index (κ3) is 3.68. The van der Waals surface area contributed by atoms with E-state index in [1.807, 2.05) is 6.92 Å². The minimum Gasteiger partial charge on any atom is -0.461 e. The fourth-order valence-corrected chi connectivity index (χ4v) is 6.46. The lowest BCUT2D eigenvalue weighted by Crippen LogP contribution is -2.52. The molecular weight excluding hydrogens is 428 g/mol. The van der Waals surface area contributed by atoms with E-state index in [0.717, 1.165) is 19.3 Å². The van der Waals surface area contributed by atoms with Gasteiger partial charge < -0.3 is 10.1 Å². The maximum Gasteiger partial charge on any atom is 0.361 e. The normalized spacial score (nSPS) is 27.5. The van der Waals surface area contributed by atoms with E-state index in [4.69, 9.17) is 4.74 Å². The van der Waals surface area contributed by atoms with Gasteiger partial charge in [0.25, 0.3) is 5.91 Å². The van der Waals surface area contributed by atoms with E-state index in [-0.39, 0.29) is 34.9 Å². The lowest BCUT2D eigenvalue weighted by Gasteiger charge is -2.56. The highest BCUT2D eigenvalue weighted by atomic mass is 16.6. The van der Waals surface area contributed by atoms with Crippen LogP contribution in [0.4, 0.5) is 11.4 Å². The fourth-order valence-electron chi connectivity index (χ4n) is 6.46. The second-order valence-corrected chi connectivity index (χ2v) is 9.63. The Kier molecular flexibility index (Phi) is 5.21. The quantitative estimate of drug-likeness (QED) is 0.383. The zero-order valence-corrected chi connectivity index (χ0v) is 18.8. The maximum absolute atomic E-state index is 13.1. The van der Waals surface area contributed by atoms with Crippen LogP contribution in [0.2, 0.25) is 0 Å². The smallest absolute Gasteiger partial charge is 0.361 e. The number of carbonyl (C=O) groups is 2.